The molecular formula is C16H23N5O4S. The second kappa shape index (κ2) is 6.84. The third kappa shape index (κ3) is 3.26. The van der Waals surface area contributed by atoms with Gasteiger partial charge < -0.3 is 9.32 Å². The Hall–Kier alpha value is -2.20. The number of amides is 1. The number of aromatic nitrogens is 3. The van der Waals surface area contributed by atoms with Gasteiger partial charge >= 0.3 is 0 Å². The van der Waals surface area contributed by atoms with Crippen molar-refractivity contribution in [3.8, 4) is 0 Å². The number of H-pyrrole nitrogens is 1. The second-order valence-corrected chi connectivity index (χ2v) is 8.34. The molecule has 9 nitrogen and oxygen atoms in total. The van der Waals surface area contributed by atoms with Gasteiger partial charge in [-0.05, 0) is 27.2 Å². The molecule has 0 bridgehead atoms. The van der Waals surface area contributed by atoms with Crippen LogP contribution in [0.15, 0.2) is 9.31 Å². The number of carbonyl (C=O) groups is 1. The fraction of sp³-hybridized carbons (Fsp3) is 0.562. The van der Waals surface area contributed by atoms with E-state index in [-0.39, 0.29) is 23.1 Å². The van der Waals surface area contributed by atoms with E-state index in [1.165, 1.54) is 4.31 Å². The fourth-order valence-corrected chi connectivity index (χ4v) is 5.06. The number of hydrogen-bond donors (Lipinski definition) is 1. The summed E-state index contributed by atoms with van der Waals surface area (Å²) in [6.45, 7) is 8.11. The predicted octanol–water partition coefficient (Wildman–Crippen LogP) is 1.17. The molecule has 1 amide bonds. The van der Waals surface area contributed by atoms with E-state index in [1.54, 1.807) is 32.6 Å². The smallest absolute Gasteiger partial charge is 0.291 e. The maximum absolute atomic E-state index is 13.0. The molecule has 0 saturated carbocycles. The van der Waals surface area contributed by atoms with Crippen LogP contribution in [0.1, 0.15) is 39.9 Å². The summed E-state index contributed by atoms with van der Waals surface area (Å²) in [6.07, 6.45) is 0.549. The molecule has 0 radical (unpaired) electrons. The van der Waals surface area contributed by atoms with Crippen LogP contribution in [0.2, 0.25) is 0 Å². The Morgan fingerprint density at radius 1 is 1.08 bits per heavy atom. The zero-order valence-corrected chi connectivity index (χ0v) is 16.2. The Balaban J connectivity index is 1.78. The first-order valence-corrected chi connectivity index (χ1v) is 9.91. The minimum Gasteiger partial charge on any atom is -0.436 e. The molecule has 1 fully saturated rings. The van der Waals surface area contributed by atoms with Crippen molar-refractivity contribution in [1.29, 1.82) is 0 Å². The highest BCUT2D eigenvalue weighted by Gasteiger charge is 2.32. The van der Waals surface area contributed by atoms with Gasteiger partial charge in [-0.15, -0.1) is 0 Å². The van der Waals surface area contributed by atoms with Crippen molar-refractivity contribution >= 4 is 15.9 Å². The highest BCUT2D eigenvalue weighted by Crippen LogP contribution is 2.23. The van der Waals surface area contributed by atoms with Crippen molar-refractivity contribution in [1.82, 2.24) is 24.4 Å². The molecular weight excluding hydrogens is 358 g/mol. The average Bonchev–Trinajstić information content (AvgIpc) is 2.96. The second-order valence-electron chi connectivity index (χ2n) is 6.46. The molecule has 142 valence electrons. The normalized spacial score (nSPS) is 16.7. The lowest BCUT2D eigenvalue weighted by atomic mass is 10.3. The van der Waals surface area contributed by atoms with Crippen molar-refractivity contribution in [3.63, 3.8) is 0 Å². The molecule has 1 N–H and O–H groups in total. The van der Waals surface area contributed by atoms with Gasteiger partial charge in [0.2, 0.25) is 15.8 Å². The molecule has 0 unspecified atom stereocenters. The Bertz CT molecular complexity index is 911. The Labute approximate surface area is 152 Å². The molecule has 0 spiro atoms. The monoisotopic (exact) mass is 381 g/mol. The van der Waals surface area contributed by atoms with Gasteiger partial charge in [0.1, 0.15) is 4.90 Å². The van der Waals surface area contributed by atoms with Crippen LogP contribution in [0, 0.1) is 27.7 Å². The van der Waals surface area contributed by atoms with Crippen LogP contribution in [0.5, 0.6) is 0 Å². The van der Waals surface area contributed by atoms with E-state index in [0.717, 1.165) is 0 Å². The van der Waals surface area contributed by atoms with Gasteiger partial charge in [-0.1, -0.05) is 0 Å². The number of rotatable bonds is 3. The molecule has 10 heteroatoms. The summed E-state index contributed by atoms with van der Waals surface area (Å²) in [5.41, 5.74) is 1.52. The predicted molar refractivity (Wildman–Crippen MR) is 93.3 cm³/mol. The number of nitrogens with one attached hydrogen (secondary N) is 1. The van der Waals surface area contributed by atoms with Crippen molar-refractivity contribution in [2.24, 2.45) is 0 Å². The third-order valence-electron chi connectivity index (χ3n) is 4.50. The van der Waals surface area contributed by atoms with Gasteiger partial charge in [-0.2, -0.15) is 9.40 Å². The summed E-state index contributed by atoms with van der Waals surface area (Å²) in [5, 5.41) is 6.70. The molecule has 26 heavy (non-hydrogen) atoms. The number of aromatic amines is 1. The van der Waals surface area contributed by atoms with Crippen LogP contribution in [0.4, 0.5) is 0 Å². The Kier molecular flexibility index (Phi) is 4.89. The van der Waals surface area contributed by atoms with Crippen molar-refractivity contribution in [3.05, 3.63) is 28.7 Å². The molecule has 2 aromatic heterocycles. The fourth-order valence-electron chi connectivity index (χ4n) is 3.26. The average molecular weight is 381 g/mol. The van der Waals surface area contributed by atoms with Gasteiger partial charge in [-0.3, -0.25) is 9.89 Å². The minimum absolute atomic E-state index is 0.221. The highest BCUT2D eigenvalue weighted by molar-refractivity contribution is 7.89. The molecule has 0 aliphatic carbocycles. The maximum Gasteiger partial charge on any atom is 0.291 e. The Morgan fingerprint density at radius 3 is 2.38 bits per heavy atom. The first kappa shape index (κ1) is 18.6. The van der Waals surface area contributed by atoms with Crippen LogP contribution < -0.4 is 0 Å². The van der Waals surface area contributed by atoms with E-state index in [9.17, 15) is 13.2 Å². The standard InChI is InChI=1S/C16H23N5O4S/c1-10-14(25-13(4)17-10)16(22)20-6-5-7-21(9-8-20)26(23,24)15-11(2)18-19-12(15)3/h5-9H2,1-4H3,(H,18,19). The van der Waals surface area contributed by atoms with Crippen LogP contribution in [-0.2, 0) is 10.0 Å². The summed E-state index contributed by atoms with van der Waals surface area (Å²) < 4.78 is 32.8. The van der Waals surface area contributed by atoms with Gasteiger partial charge in [-0.25, -0.2) is 13.4 Å². The summed E-state index contributed by atoms with van der Waals surface area (Å²) in [7, 11) is -3.66. The van der Waals surface area contributed by atoms with Gasteiger partial charge in [0, 0.05) is 33.1 Å². The molecule has 1 aliphatic heterocycles. The van der Waals surface area contributed by atoms with Crippen molar-refractivity contribution < 1.29 is 17.6 Å². The summed E-state index contributed by atoms with van der Waals surface area (Å²) >= 11 is 0. The van der Waals surface area contributed by atoms with Crippen LogP contribution in [-0.4, -0.2) is 64.9 Å². The van der Waals surface area contributed by atoms with E-state index in [2.05, 4.69) is 15.2 Å². The zero-order valence-electron chi connectivity index (χ0n) is 15.4. The first-order valence-electron chi connectivity index (χ1n) is 8.47. The van der Waals surface area contributed by atoms with Crippen LogP contribution in [0.25, 0.3) is 0 Å². The quantitative estimate of drug-likeness (QED) is 0.854. The number of oxazole rings is 1. The number of nitrogens with zero attached hydrogens (tertiary/aromatic N) is 4. The summed E-state index contributed by atoms with van der Waals surface area (Å²) in [5.74, 6) is 0.411. The molecule has 1 saturated heterocycles. The van der Waals surface area contributed by atoms with E-state index in [4.69, 9.17) is 4.42 Å². The van der Waals surface area contributed by atoms with Gasteiger partial charge in [0.25, 0.3) is 5.91 Å². The van der Waals surface area contributed by atoms with E-state index < -0.39 is 10.0 Å². The van der Waals surface area contributed by atoms with Gasteiger partial charge in [0.05, 0.1) is 17.1 Å². The molecule has 0 aromatic carbocycles. The number of hydrogen-bond acceptors (Lipinski definition) is 6. The minimum atomic E-state index is -3.66. The zero-order chi connectivity index (χ0) is 19.1. The highest BCUT2D eigenvalue weighted by atomic mass is 32.2. The largest absolute Gasteiger partial charge is 0.436 e. The lowest BCUT2D eigenvalue weighted by molar-refractivity contribution is 0.0730. The van der Waals surface area contributed by atoms with Crippen LogP contribution in [0.3, 0.4) is 0 Å². The first-order chi connectivity index (χ1) is 12.2. The van der Waals surface area contributed by atoms with Crippen LogP contribution >= 0.6 is 0 Å². The lowest BCUT2D eigenvalue weighted by Gasteiger charge is -2.21. The molecule has 3 heterocycles. The van der Waals surface area contributed by atoms with Crippen molar-refractivity contribution in [2.45, 2.75) is 39.0 Å². The molecule has 0 atom stereocenters. The maximum atomic E-state index is 13.0. The number of aryl methyl sites for hydroxylation is 4. The number of sulfonamides is 1. The molecule has 3 rings (SSSR count). The molecule has 1 aliphatic rings. The Morgan fingerprint density at radius 2 is 1.81 bits per heavy atom. The topological polar surface area (TPSA) is 112 Å². The number of carbonyl (C=O) groups excluding carboxylic acids is 1. The third-order valence-corrected chi connectivity index (χ3v) is 6.66. The van der Waals surface area contributed by atoms with E-state index >= 15 is 0 Å². The van der Waals surface area contributed by atoms with E-state index in [0.29, 0.717) is 49.0 Å². The SMILES string of the molecule is Cc1nc(C)c(C(=O)N2CCCN(S(=O)(=O)c3c(C)n[nH]c3C)CC2)o1. The van der Waals surface area contributed by atoms with Gasteiger partial charge in [0.15, 0.2) is 5.89 Å². The van der Waals surface area contributed by atoms with E-state index in [1.807, 2.05) is 0 Å². The summed E-state index contributed by atoms with van der Waals surface area (Å²) in [6, 6.07) is 0. The molecule has 2 aromatic rings. The lowest BCUT2D eigenvalue weighted by Crippen LogP contribution is -2.37. The summed E-state index contributed by atoms with van der Waals surface area (Å²) in [4.78, 5) is 18.7. The van der Waals surface area contributed by atoms with Crippen molar-refractivity contribution in [2.75, 3.05) is 26.2 Å².